The summed E-state index contributed by atoms with van der Waals surface area (Å²) in [4.78, 5) is 18.4. The molecule has 7 heteroatoms. The summed E-state index contributed by atoms with van der Waals surface area (Å²) in [6.07, 6.45) is 1.64. The number of rotatable bonds is 5. The van der Waals surface area contributed by atoms with E-state index < -0.39 is 0 Å². The first-order valence-corrected chi connectivity index (χ1v) is 8.82. The average Bonchev–Trinajstić information content (AvgIpc) is 3.16. The normalized spacial score (nSPS) is 16.0. The molecule has 1 aliphatic heterocycles. The maximum atomic E-state index is 12.5. The van der Waals surface area contributed by atoms with Crippen LogP contribution in [0.4, 0.5) is 10.5 Å². The molecule has 2 aromatic rings. The van der Waals surface area contributed by atoms with Crippen LogP contribution in [0.2, 0.25) is 0 Å². The van der Waals surface area contributed by atoms with E-state index in [0.29, 0.717) is 32.7 Å². The Morgan fingerprint density at radius 1 is 1.19 bits per heavy atom. The van der Waals surface area contributed by atoms with Crippen molar-refractivity contribution in [1.29, 1.82) is 0 Å². The molecular weight excluding hydrogens is 332 g/mol. The Kier molecular flexibility index (Phi) is 5.68. The summed E-state index contributed by atoms with van der Waals surface area (Å²) in [5.41, 5.74) is 0.818. The summed E-state index contributed by atoms with van der Waals surface area (Å²) >= 11 is 0. The highest BCUT2D eigenvalue weighted by atomic mass is 16.3. The summed E-state index contributed by atoms with van der Waals surface area (Å²) in [6, 6.07) is 11.0. The van der Waals surface area contributed by atoms with E-state index in [1.165, 1.54) is 0 Å². The van der Waals surface area contributed by atoms with Gasteiger partial charge in [-0.25, -0.2) is 4.79 Å². The zero-order valence-corrected chi connectivity index (χ0v) is 15.3. The number of likely N-dealkylation sites (N-methyl/N-ethyl adjacent to an activating group) is 1. The first kappa shape index (κ1) is 18.1. The number of phenols is 1. The van der Waals surface area contributed by atoms with Gasteiger partial charge in [-0.05, 0) is 38.4 Å². The van der Waals surface area contributed by atoms with Gasteiger partial charge >= 0.3 is 6.03 Å². The third-order valence-corrected chi connectivity index (χ3v) is 4.73. The Morgan fingerprint density at radius 3 is 2.54 bits per heavy atom. The second kappa shape index (κ2) is 8.14. The molecule has 0 bridgehead atoms. The van der Waals surface area contributed by atoms with Crippen molar-refractivity contribution in [3.63, 3.8) is 0 Å². The summed E-state index contributed by atoms with van der Waals surface area (Å²) in [5, 5.41) is 13.0. The smallest absolute Gasteiger partial charge is 0.317 e. The van der Waals surface area contributed by atoms with Crippen molar-refractivity contribution in [3.8, 4) is 5.75 Å². The summed E-state index contributed by atoms with van der Waals surface area (Å²) < 4.78 is 5.47. The molecule has 1 saturated heterocycles. The van der Waals surface area contributed by atoms with Crippen molar-refractivity contribution in [2.75, 3.05) is 51.7 Å². The third kappa shape index (κ3) is 4.11. The van der Waals surface area contributed by atoms with Crippen LogP contribution >= 0.6 is 0 Å². The second-order valence-corrected chi connectivity index (χ2v) is 6.64. The number of piperazine rings is 1. The van der Waals surface area contributed by atoms with E-state index in [0.717, 1.165) is 11.4 Å². The van der Waals surface area contributed by atoms with Crippen LogP contribution in [0.25, 0.3) is 0 Å². The predicted octanol–water partition coefficient (Wildman–Crippen LogP) is 2.12. The van der Waals surface area contributed by atoms with E-state index in [1.807, 2.05) is 54.2 Å². The van der Waals surface area contributed by atoms with Crippen LogP contribution < -0.4 is 10.2 Å². The third-order valence-electron chi connectivity index (χ3n) is 4.73. The fourth-order valence-corrected chi connectivity index (χ4v) is 3.20. The lowest BCUT2D eigenvalue weighted by molar-refractivity contribution is 0.186. The molecule has 1 atom stereocenters. The average molecular weight is 358 g/mol. The lowest BCUT2D eigenvalue weighted by Crippen LogP contribution is -2.52. The zero-order valence-electron chi connectivity index (χ0n) is 15.3. The molecule has 2 heterocycles. The largest absolute Gasteiger partial charge is 0.506 e. The van der Waals surface area contributed by atoms with E-state index in [9.17, 15) is 9.90 Å². The Hall–Kier alpha value is -2.67. The van der Waals surface area contributed by atoms with Crippen molar-refractivity contribution in [2.45, 2.75) is 6.04 Å². The topological polar surface area (TPSA) is 72.2 Å². The van der Waals surface area contributed by atoms with Gasteiger partial charge in [-0.1, -0.05) is 12.1 Å². The van der Waals surface area contributed by atoms with Crippen LogP contribution in [-0.4, -0.2) is 67.8 Å². The minimum atomic E-state index is -0.0691. The van der Waals surface area contributed by atoms with E-state index in [-0.39, 0.29) is 17.8 Å². The van der Waals surface area contributed by atoms with Crippen molar-refractivity contribution in [1.82, 2.24) is 15.1 Å². The number of furan rings is 1. The standard InChI is InChI=1S/C19H26N4O3/c1-21(2)16(18-8-5-13-26-18)14-20-19(25)23-11-9-22(10-12-23)15-6-3-4-7-17(15)24/h3-8,13,16,24H,9-12,14H2,1-2H3,(H,20,25). The predicted molar refractivity (Wildman–Crippen MR) is 100 cm³/mol. The molecule has 1 aromatic heterocycles. The highest BCUT2D eigenvalue weighted by molar-refractivity contribution is 5.74. The molecule has 7 nitrogen and oxygen atoms in total. The van der Waals surface area contributed by atoms with Crippen LogP contribution in [0.1, 0.15) is 11.8 Å². The Labute approximate surface area is 153 Å². The number of amides is 2. The Bertz CT molecular complexity index is 709. The van der Waals surface area contributed by atoms with Crippen LogP contribution in [0.5, 0.6) is 5.75 Å². The number of hydrogen-bond acceptors (Lipinski definition) is 5. The molecule has 2 amide bonds. The van der Waals surface area contributed by atoms with Crippen molar-refractivity contribution in [3.05, 3.63) is 48.4 Å². The molecule has 1 fully saturated rings. The highest BCUT2D eigenvalue weighted by Crippen LogP contribution is 2.27. The van der Waals surface area contributed by atoms with Crippen LogP contribution in [-0.2, 0) is 0 Å². The van der Waals surface area contributed by atoms with Gasteiger partial charge in [0.25, 0.3) is 0 Å². The maximum absolute atomic E-state index is 12.5. The number of nitrogens with one attached hydrogen (secondary N) is 1. The Morgan fingerprint density at radius 2 is 1.92 bits per heavy atom. The number of para-hydroxylation sites is 2. The van der Waals surface area contributed by atoms with Gasteiger partial charge in [0.1, 0.15) is 11.5 Å². The lowest BCUT2D eigenvalue weighted by atomic mass is 10.2. The number of phenolic OH excluding ortho intramolecular Hbond substituents is 1. The molecule has 26 heavy (non-hydrogen) atoms. The van der Waals surface area contributed by atoms with Gasteiger partial charge < -0.3 is 24.6 Å². The maximum Gasteiger partial charge on any atom is 0.317 e. The van der Waals surface area contributed by atoms with E-state index in [1.54, 1.807) is 12.3 Å². The van der Waals surface area contributed by atoms with E-state index in [4.69, 9.17) is 4.42 Å². The zero-order chi connectivity index (χ0) is 18.5. The fourth-order valence-electron chi connectivity index (χ4n) is 3.20. The van der Waals surface area contributed by atoms with Crippen molar-refractivity contribution in [2.24, 2.45) is 0 Å². The second-order valence-electron chi connectivity index (χ2n) is 6.64. The lowest BCUT2D eigenvalue weighted by Gasteiger charge is -2.36. The number of benzene rings is 1. The van der Waals surface area contributed by atoms with Crippen molar-refractivity contribution < 1.29 is 14.3 Å². The monoisotopic (exact) mass is 358 g/mol. The molecule has 1 unspecified atom stereocenters. The minimum absolute atomic E-state index is 0.00324. The highest BCUT2D eigenvalue weighted by Gasteiger charge is 2.24. The summed E-state index contributed by atoms with van der Waals surface area (Å²) in [5.74, 6) is 1.11. The summed E-state index contributed by atoms with van der Waals surface area (Å²) in [7, 11) is 3.93. The first-order valence-electron chi connectivity index (χ1n) is 8.82. The molecule has 1 aliphatic rings. The van der Waals surface area contributed by atoms with Gasteiger partial charge in [0, 0.05) is 32.7 Å². The molecule has 3 rings (SSSR count). The minimum Gasteiger partial charge on any atom is -0.506 e. The number of hydrogen-bond donors (Lipinski definition) is 2. The van der Waals surface area contributed by atoms with Crippen LogP contribution in [0, 0.1) is 0 Å². The van der Waals surface area contributed by atoms with Gasteiger partial charge in [0.2, 0.25) is 0 Å². The number of urea groups is 1. The summed E-state index contributed by atoms with van der Waals surface area (Å²) in [6.45, 7) is 3.11. The SMILES string of the molecule is CN(C)C(CNC(=O)N1CCN(c2ccccc2O)CC1)c1ccco1. The van der Waals surface area contributed by atoms with Gasteiger partial charge in [0.05, 0.1) is 18.0 Å². The number of aromatic hydroxyl groups is 1. The van der Waals surface area contributed by atoms with Gasteiger partial charge in [0.15, 0.2) is 0 Å². The molecular formula is C19H26N4O3. The molecule has 0 radical (unpaired) electrons. The number of carbonyl (C=O) groups is 1. The molecule has 140 valence electrons. The molecule has 1 aromatic carbocycles. The molecule has 0 aliphatic carbocycles. The van der Waals surface area contributed by atoms with Gasteiger partial charge in [-0.3, -0.25) is 4.90 Å². The first-order chi connectivity index (χ1) is 12.6. The number of carbonyl (C=O) groups excluding carboxylic acids is 1. The molecule has 2 N–H and O–H groups in total. The van der Waals surface area contributed by atoms with Crippen LogP contribution in [0.15, 0.2) is 47.1 Å². The van der Waals surface area contributed by atoms with Gasteiger partial charge in [-0.15, -0.1) is 0 Å². The molecule has 0 saturated carbocycles. The van der Waals surface area contributed by atoms with Crippen molar-refractivity contribution >= 4 is 11.7 Å². The Balaban J connectivity index is 1.51. The molecule has 0 spiro atoms. The van der Waals surface area contributed by atoms with Gasteiger partial charge in [-0.2, -0.15) is 0 Å². The number of anilines is 1. The van der Waals surface area contributed by atoms with Crippen LogP contribution in [0.3, 0.4) is 0 Å². The fraction of sp³-hybridized carbons (Fsp3) is 0.421. The quantitative estimate of drug-likeness (QED) is 0.857. The van der Waals surface area contributed by atoms with E-state index in [2.05, 4.69) is 10.2 Å². The number of nitrogens with zero attached hydrogens (tertiary/aromatic N) is 3. The van der Waals surface area contributed by atoms with E-state index >= 15 is 0 Å².